The lowest BCUT2D eigenvalue weighted by atomic mass is 10.1. The summed E-state index contributed by atoms with van der Waals surface area (Å²) in [7, 11) is 0. The van der Waals surface area contributed by atoms with E-state index >= 15 is 0 Å². The van der Waals surface area contributed by atoms with Gasteiger partial charge in [-0.05, 0) is 48.7 Å². The second-order valence-electron chi connectivity index (χ2n) is 6.28. The molecule has 4 nitrogen and oxygen atoms in total. The first-order chi connectivity index (χ1) is 11.6. The van der Waals surface area contributed by atoms with Crippen molar-refractivity contribution in [3.05, 3.63) is 59.7 Å². The lowest BCUT2D eigenvalue weighted by molar-refractivity contribution is -0.122. The number of benzene rings is 2. The van der Waals surface area contributed by atoms with Crippen molar-refractivity contribution in [1.82, 2.24) is 0 Å². The van der Waals surface area contributed by atoms with Crippen molar-refractivity contribution in [2.75, 3.05) is 16.8 Å². The van der Waals surface area contributed by atoms with Crippen molar-refractivity contribution in [1.29, 1.82) is 0 Å². The fourth-order valence-electron chi connectivity index (χ4n) is 3.00. The van der Waals surface area contributed by atoms with Crippen LogP contribution in [-0.2, 0) is 16.0 Å². The minimum atomic E-state index is -0.316. The average Bonchev–Trinajstić information content (AvgIpc) is 2.97. The summed E-state index contributed by atoms with van der Waals surface area (Å²) in [6, 6.07) is 15.6. The molecule has 0 saturated carbocycles. The van der Waals surface area contributed by atoms with Gasteiger partial charge in [0.05, 0.1) is 5.92 Å². The lowest BCUT2D eigenvalue weighted by Gasteiger charge is -2.17. The largest absolute Gasteiger partial charge is 0.326 e. The van der Waals surface area contributed by atoms with Crippen molar-refractivity contribution < 1.29 is 9.59 Å². The quantitative estimate of drug-likeness (QED) is 0.936. The number of hydrogen-bond acceptors (Lipinski definition) is 2. The van der Waals surface area contributed by atoms with Crippen LogP contribution >= 0.6 is 0 Å². The van der Waals surface area contributed by atoms with Gasteiger partial charge in [0.1, 0.15) is 0 Å². The summed E-state index contributed by atoms with van der Waals surface area (Å²) in [6.45, 7) is 4.52. The van der Waals surface area contributed by atoms with Gasteiger partial charge in [0.2, 0.25) is 11.8 Å². The Morgan fingerprint density at radius 3 is 2.62 bits per heavy atom. The molecule has 0 spiro atoms. The third-order valence-electron chi connectivity index (χ3n) is 4.44. The maximum Gasteiger partial charge on any atom is 0.229 e. The van der Waals surface area contributed by atoms with Crippen LogP contribution in [0.15, 0.2) is 48.5 Å². The number of rotatable bonds is 4. The molecule has 0 aliphatic carbocycles. The fourth-order valence-corrected chi connectivity index (χ4v) is 3.00. The van der Waals surface area contributed by atoms with Gasteiger partial charge < -0.3 is 10.2 Å². The summed E-state index contributed by atoms with van der Waals surface area (Å²) in [4.78, 5) is 26.5. The van der Waals surface area contributed by atoms with E-state index in [9.17, 15) is 9.59 Å². The van der Waals surface area contributed by atoms with E-state index in [1.807, 2.05) is 55.5 Å². The molecule has 2 amide bonds. The Morgan fingerprint density at radius 1 is 1.21 bits per heavy atom. The molecule has 1 aliphatic heterocycles. The Labute approximate surface area is 142 Å². The minimum absolute atomic E-state index is 0.00193. The third-order valence-corrected chi connectivity index (χ3v) is 4.44. The Bertz CT molecular complexity index is 752. The van der Waals surface area contributed by atoms with E-state index in [1.54, 1.807) is 4.90 Å². The summed E-state index contributed by atoms with van der Waals surface area (Å²) in [5, 5.41) is 2.92. The Kier molecular flexibility index (Phi) is 4.65. The monoisotopic (exact) mass is 322 g/mol. The molecule has 124 valence electrons. The second kappa shape index (κ2) is 6.87. The Balaban J connectivity index is 1.67. The van der Waals surface area contributed by atoms with Gasteiger partial charge in [0.25, 0.3) is 0 Å². The lowest BCUT2D eigenvalue weighted by Crippen LogP contribution is -2.28. The highest BCUT2D eigenvalue weighted by molar-refractivity contribution is 6.03. The van der Waals surface area contributed by atoms with Gasteiger partial charge >= 0.3 is 0 Å². The van der Waals surface area contributed by atoms with Gasteiger partial charge in [-0.25, -0.2) is 0 Å². The van der Waals surface area contributed by atoms with Crippen molar-refractivity contribution >= 4 is 23.2 Å². The number of nitrogens with one attached hydrogen (secondary N) is 1. The van der Waals surface area contributed by atoms with E-state index in [0.29, 0.717) is 6.54 Å². The average molecular weight is 322 g/mol. The summed E-state index contributed by atoms with van der Waals surface area (Å²) in [6.07, 6.45) is 1.23. The molecular weight excluding hydrogens is 300 g/mol. The summed E-state index contributed by atoms with van der Waals surface area (Å²) in [5.74, 6) is -0.409. The van der Waals surface area contributed by atoms with E-state index in [4.69, 9.17) is 0 Å². The summed E-state index contributed by atoms with van der Waals surface area (Å²) >= 11 is 0. The van der Waals surface area contributed by atoms with E-state index in [2.05, 4.69) is 12.2 Å². The molecule has 0 unspecified atom stereocenters. The SMILES string of the molecule is CCc1ccc(NC(=O)[C@H]2CC(=O)N(c3cccc(C)c3)C2)cc1. The molecule has 0 aromatic heterocycles. The zero-order chi connectivity index (χ0) is 17.1. The minimum Gasteiger partial charge on any atom is -0.326 e. The van der Waals surface area contributed by atoms with Crippen molar-refractivity contribution in [3.8, 4) is 0 Å². The van der Waals surface area contributed by atoms with Gasteiger partial charge in [0, 0.05) is 24.3 Å². The van der Waals surface area contributed by atoms with Crippen LogP contribution in [0.25, 0.3) is 0 Å². The summed E-state index contributed by atoms with van der Waals surface area (Å²) < 4.78 is 0. The number of amides is 2. The van der Waals surface area contributed by atoms with E-state index in [0.717, 1.165) is 23.4 Å². The highest BCUT2D eigenvalue weighted by Gasteiger charge is 2.35. The first kappa shape index (κ1) is 16.2. The van der Waals surface area contributed by atoms with Crippen LogP contribution in [0.3, 0.4) is 0 Å². The number of carbonyl (C=O) groups is 2. The van der Waals surface area contributed by atoms with Crippen LogP contribution in [0.5, 0.6) is 0 Å². The Hall–Kier alpha value is -2.62. The van der Waals surface area contributed by atoms with Gasteiger partial charge in [-0.2, -0.15) is 0 Å². The van der Waals surface area contributed by atoms with E-state index < -0.39 is 0 Å². The van der Waals surface area contributed by atoms with E-state index in [-0.39, 0.29) is 24.2 Å². The van der Waals surface area contributed by atoms with Gasteiger partial charge in [-0.15, -0.1) is 0 Å². The molecule has 1 N–H and O–H groups in total. The predicted octanol–water partition coefficient (Wildman–Crippen LogP) is 3.55. The molecule has 1 saturated heterocycles. The zero-order valence-corrected chi connectivity index (χ0v) is 14.1. The number of hydrogen-bond donors (Lipinski definition) is 1. The van der Waals surface area contributed by atoms with Gasteiger partial charge in [0.15, 0.2) is 0 Å². The van der Waals surface area contributed by atoms with Gasteiger partial charge in [-0.1, -0.05) is 31.2 Å². The van der Waals surface area contributed by atoms with Crippen LogP contribution in [0, 0.1) is 12.8 Å². The van der Waals surface area contributed by atoms with Crippen LogP contribution in [0.2, 0.25) is 0 Å². The molecule has 0 radical (unpaired) electrons. The number of nitrogens with zero attached hydrogens (tertiary/aromatic N) is 1. The topological polar surface area (TPSA) is 49.4 Å². The van der Waals surface area contributed by atoms with Crippen LogP contribution in [0.4, 0.5) is 11.4 Å². The van der Waals surface area contributed by atoms with Gasteiger partial charge in [-0.3, -0.25) is 9.59 Å². The van der Waals surface area contributed by atoms with Crippen LogP contribution in [0.1, 0.15) is 24.5 Å². The molecule has 1 heterocycles. The normalized spacial score (nSPS) is 17.2. The van der Waals surface area contributed by atoms with Crippen molar-refractivity contribution in [2.24, 2.45) is 5.92 Å². The maximum atomic E-state index is 12.5. The van der Waals surface area contributed by atoms with Crippen molar-refractivity contribution in [3.63, 3.8) is 0 Å². The highest BCUT2D eigenvalue weighted by atomic mass is 16.2. The molecular formula is C20H22N2O2. The highest BCUT2D eigenvalue weighted by Crippen LogP contribution is 2.26. The maximum absolute atomic E-state index is 12.5. The second-order valence-corrected chi connectivity index (χ2v) is 6.28. The fraction of sp³-hybridized carbons (Fsp3) is 0.300. The predicted molar refractivity (Wildman–Crippen MR) is 96.1 cm³/mol. The number of aryl methyl sites for hydroxylation is 2. The number of carbonyl (C=O) groups excluding carboxylic acids is 2. The molecule has 24 heavy (non-hydrogen) atoms. The first-order valence-electron chi connectivity index (χ1n) is 8.33. The third kappa shape index (κ3) is 3.48. The molecule has 4 heteroatoms. The Morgan fingerprint density at radius 2 is 1.96 bits per heavy atom. The zero-order valence-electron chi connectivity index (χ0n) is 14.1. The molecule has 3 rings (SSSR count). The first-order valence-corrected chi connectivity index (χ1v) is 8.33. The van der Waals surface area contributed by atoms with Crippen LogP contribution < -0.4 is 10.2 Å². The molecule has 2 aromatic rings. The molecule has 1 atom stereocenters. The standard InChI is InChI=1S/C20H22N2O2/c1-3-15-7-9-17(10-8-15)21-20(24)16-12-19(23)22(13-16)18-6-4-5-14(2)11-18/h4-11,16H,3,12-13H2,1-2H3,(H,21,24)/t16-/m0/s1. The molecule has 0 bridgehead atoms. The van der Waals surface area contributed by atoms with Crippen molar-refractivity contribution in [2.45, 2.75) is 26.7 Å². The molecule has 1 aliphatic rings. The molecule has 2 aromatic carbocycles. The number of anilines is 2. The van der Waals surface area contributed by atoms with Crippen LogP contribution in [-0.4, -0.2) is 18.4 Å². The van der Waals surface area contributed by atoms with E-state index in [1.165, 1.54) is 5.56 Å². The molecule has 1 fully saturated rings. The summed E-state index contributed by atoms with van der Waals surface area (Å²) in [5.41, 5.74) is 3.97. The smallest absolute Gasteiger partial charge is 0.229 e.